The minimum absolute atomic E-state index is 0.131. The minimum Gasteiger partial charge on any atom is -0.378 e. The number of rotatable bonds is 2. The molecule has 9 heteroatoms. The van der Waals surface area contributed by atoms with Gasteiger partial charge in [0.25, 0.3) is 0 Å². The second-order valence-electron chi connectivity index (χ2n) is 5.14. The van der Waals surface area contributed by atoms with E-state index in [2.05, 4.69) is 14.5 Å². The molecule has 3 rings (SSSR count). The van der Waals surface area contributed by atoms with E-state index in [0.29, 0.717) is 37.2 Å². The van der Waals surface area contributed by atoms with Gasteiger partial charge in [-0.15, -0.1) is 5.10 Å². The molecular formula is C12H18ClN5O2S. The van der Waals surface area contributed by atoms with E-state index < -0.39 is 0 Å². The van der Waals surface area contributed by atoms with Crippen LogP contribution in [0.1, 0.15) is 5.69 Å². The summed E-state index contributed by atoms with van der Waals surface area (Å²) in [7, 11) is 0. The van der Waals surface area contributed by atoms with Crippen LogP contribution in [0.25, 0.3) is 0 Å². The van der Waals surface area contributed by atoms with Crippen LogP contribution < -0.4 is 0 Å². The van der Waals surface area contributed by atoms with Crippen LogP contribution in [0.3, 0.4) is 0 Å². The van der Waals surface area contributed by atoms with Crippen LogP contribution in [-0.4, -0.2) is 82.8 Å². The van der Waals surface area contributed by atoms with Crippen molar-refractivity contribution in [1.82, 2.24) is 24.3 Å². The standard InChI is InChI=1S/C12H18ClN5O2S/c13-11-10(14-15-21-11)9-16-1-3-17(4-2-16)12(19)18-5-7-20-8-6-18/h1-9H2. The van der Waals surface area contributed by atoms with E-state index in [1.54, 1.807) is 0 Å². The fourth-order valence-corrected chi connectivity index (χ4v) is 3.17. The maximum Gasteiger partial charge on any atom is 0.320 e. The first-order valence-corrected chi connectivity index (χ1v) is 8.20. The van der Waals surface area contributed by atoms with Gasteiger partial charge in [-0.25, -0.2) is 4.79 Å². The highest BCUT2D eigenvalue weighted by Crippen LogP contribution is 2.19. The zero-order valence-corrected chi connectivity index (χ0v) is 13.3. The molecule has 2 saturated heterocycles. The average molecular weight is 332 g/mol. The van der Waals surface area contributed by atoms with Gasteiger partial charge in [-0.05, 0) is 0 Å². The Morgan fingerprint density at radius 3 is 2.43 bits per heavy atom. The van der Waals surface area contributed by atoms with Gasteiger partial charge in [0.1, 0.15) is 10.0 Å². The smallest absolute Gasteiger partial charge is 0.320 e. The molecule has 21 heavy (non-hydrogen) atoms. The Morgan fingerprint density at radius 1 is 1.14 bits per heavy atom. The number of carbonyl (C=O) groups excluding carboxylic acids is 1. The molecule has 0 aliphatic carbocycles. The summed E-state index contributed by atoms with van der Waals surface area (Å²) in [6.45, 7) is 6.53. The summed E-state index contributed by atoms with van der Waals surface area (Å²) in [5.74, 6) is 0. The zero-order valence-electron chi connectivity index (χ0n) is 11.7. The molecule has 0 unspecified atom stereocenters. The summed E-state index contributed by atoms with van der Waals surface area (Å²) in [6, 6.07) is 0.131. The van der Waals surface area contributed by atoms with Gasteiger partial charge in [-0.3, -0.25) is 4.90 Å². The van der Waals surface area contributed by atoms with Gasteiger partial charge >= 0.3 is 6.03 Å². The normalized spacial score (nSPS) is 20.8. The lowest BCUT2D eigenvalue weighted by atomic mass is 10.3. The van der Waals surface area contributed by atoms with Crippen LogP contribution in [0.15, 0.2) is 0 Å². The number of halogens is 1. The number of piperazine rings is 1. The third kappa shape index (κ3) is 3.63. The largest absolute Gasteiger partial charge is 0.378 e. The van der Waals surface area contributed by atoms with E-state index in [1.165, 1.54) is 11.5 Å². The van der Waals surface area contributed by atoms with E-state index in [-0.39, 0.29) is 6.03 Å². The molecule has 2 fully saturated rings. The van der Waals surface area contributed by atoms with Crippen molar-refractivity contribution < 1.29 is 9.53 Å². The highest BCUT2D eigenvalue weighted by Gasteiger charge is 2.26. The van der Waals surface area contributed by atoms with Gasteiger partial charge in [0.15, 0.2) is 0 Å². The molecule has 0 atom stereocenters. The van der Waals surface area contributed by atoms with Crippen LogP contribution in [-0.2, 0) is 11.3 Å². The van der Waals surface area contributed by atoms with Crippen molar-refractivity contribution in [3.05, 3.63) is 10.0 Å². The molecule has 2 aliphatic heterocycles. The first-order chi connectivity index (χ1) is 10.2. The lowest BCUT2D eigenvalue weighted by Gasteiger charge is -2.38. The molecule has 0 radical (unpaired) electrons. The molecular weight excluding hydrogens is 314 g/mol. The van der Waals surface area contributed by atoms with Gasteiger partial charge in [0, 0.05) is 57.3 Å². The first-order valence-electron chi connectivity index (χ1n) is 7.05. The van der Waals surface area contributed by atoms with Gasteiger partial charge in [0.05, 0.1) is 13.2 Å². The Kier molecular flexibility index (Phi) is 4.89. The quantitative estimate of drug-likeness (QED) is 0.800. The third-order valence-electron chi connectivity index (χ3n) is 3.81. The van der Waals surface area contributed by atoms with Crippen LogP contribution in [0.5, 0.6) is 0 Å². The predicted molar refractivity (Wildman–Crippen MR) is 79.6 cm³/mol. The van der Waals surface area contributed by atoms with Crippen molar-refractivity contribution in [2.75, 3.05) is 52.5 Å². The van der Waals surface area contributed by atoms with Gasteiger partial charge in [-0.2, -0.15) is 0 Å². The number of nitrogens with zero attached hydrogens (tertiary/aromatic N) is 5. The molecule has 0 bridgehead atoms. The van der Waals surface area contributed by atoms with Crippen LogP contribution in [0, 0.1) is 0 Å². The lowest BCUT2D eigenvalue weighted by Crippen LogP contribution is -2.54. The molecule has 3 heterocycles. The Bertz CT molecular complexity index is 486. The third-order valence-corrected chi connectivity index (χ3v) is 4.79. The highest BCUT2D eigenvalue weighted by molar-refractivity contribution is 7.10. The van der Waals surface area contributed by atoms with Crippen LogP contribution >= 0.6 is 23.1 Å². The minimum atomic E-state index is 0.131. The Hall–Kier alpha value is -0.960. The highest BCUT2D eigenvalue weighted by atomic mass is 35.5. The van der Waals surface area contributed by atoms with Crippen LogP contribution in [0.4, 0.5) is 4.79 Å². The average Bonchev–Trinajstić information content (AvgIpc) is 2.93. The van der Waals surface area contributed by atoms with Crippen molar-refractivity contribution in [3.63, 3.8) is 0 Å². The van der Waals surface area contributed by atoms with Crippen molar-refractivity contribution in [3.8, 4) is 0 Å². The summed E-state index contributed by atoms with van der Waals surface area (Å²) >= 11 is 7.24. The molecule has 0 N–H and O–H groups in total. The fourth-order valence-electron chi connectivity index (χ4n) is 2.56. The van der Waals surface area contributed by atoms with Gasteiger partial charge < -0.3 is 14.5 Å². The second-order valence-corrected chi connectivity index (χ2v) is 6.49. The number of amides is 2. The first kappa shape index (κ1) is 15.0. The van der Waals surface area contributed by atoms with Gasteiger partial charge in [-0.1, -0.05) is 16.1 Å². The number of aromatic nitrogens is 2. The number of urea groups is 1. The molecule has 2 amide bonds. The number of hydrogen-bond acceptors (Lipinski definition) is 6. The number of carbonyl (C=O) groups is 1. The topological polar surface area (TPSA) is 61.8 Å². The van der Waals surface area contributed by atoms with E-state index in [0.717, 1.165) is 31.9 Å². The fraction of sp³-hybridized carbons (Fsp3) is 0.750. The molecule has 0 aromatic carbocycles. The van der Waals surface area contributed by atoms with Gasteiger partial charge in [0.2, 0.25) is 0 Å². The number of hydrogen-bond donors (Lipinski definition) is 0. The Labute approximate surface area is 132 Å². The van der Waals surface area contributed by atoms with Crippen molar-refractivity contribution in [1.29, 1.82) is 0 Å². The van der Waals surface area contributed by atoms with E-state index in [4.69, 9.17) is 16.3 Å². The molecule has 0 spiro atoms. The summed E-state index contributed by atoms with van der Waals surface area (Å²) in [4.78, 5) is 18.4. The van der Waals surface area contributed by atoms with E-state index in [1.807, 2.05) is 9.80 Å². The Balaban J connectivity index is 1.48. The monoisotopic (exact) mass is 331 g/mol. The van der Waals surface area contributed by atoms with Crippen molar-refractivity contribution in [2.45, 2.75) is 6.54 Å². The maximum atomic E-state index is 12.4. The number of morpholine rings is 1. The van der Waals surface area contributed by atoms with Crippen molar-refractivity contribution >= 4 is 29.2 Å². The predicted octanol–water partition coefficient (Wildman–Crippen LogP) is 0.761. The Morgan fingerprint density at radius 2 is 1.81 bits per heavy atom. The molecule has 7 nitrogen and oxygen atoms in total. The van der Waals surface area contributed by atoms with E-state index in [9.17, 15) is 4.79 Å². The summed E-state index contributed by atoms with van der Waals surface area (Å²) in [5.41, 5.74) is 0.828. The SMILES string of the molecule is O=C(N1CCOCC1)N1CCN(Cc2nnsc2Cl)CC1. The zero-order chi connectivity index (χ0) is 14.7. The van der Waals surface area contributed by atoms with Crippen LogP contribution in [0.2, 0.25) is 4.34 Å². The maximum absolute atomic E-state index is 12.4. The lowest BCUT2D eigenvalue weighted by molar-refractivity contribution is 0.0372. The summed E-state index contributed by atoms with van der Waals surface area (Å²) in [5, 5.41) is 4.03. The molecule has 0 saturated carbocycles. The molecule has 2 aliphatic rings. The molecule has 1 aromatic heterocycles. The van der Waals surface area contributed by atoms with Crippen molar-refractivity contribution in [2.24, 2.45) is 0 Å². The molecule has 116 valence electrons. The molecule has 1 aromatic rings. The second kappa shape index (κ2) is 6.87. The van der Waals surface area contributed by atoms with E-state index >= 15 is 0 Å². The summed E-state index contributed by atoms with van der Waals surface area (Å²) in [6.07, 6.45) is 0. The summed E-state index contributed by atoms with van der Waals surface area (Å²) < 4.78 is 9.78. The number of ether oxygens (including phenoxy) is 1.